The smallest absolute Gasteiger partial charge is 0.748 e. The summed E-state index contributed by atoms with van der Waals surface area (Å²) in [5, 5.41) is 20.5. The van der Waals surface area contributed by atoms with E-state index in [9.17, 15) is 80.9 Å². The van der Waals surface area contributed by atoms with Crippen molar-refractivity contribution in [1.29, 1.82) is 0 Å². The summed E-state index contributed by atoms with van der Waals surface area (Å²) in [5.41, 5.74) is 3.24. The molecular weight excluding hydrogens is 2250 g/mol. The molecule has 15 rings (SSSR count). The molecule has 51 heteroatoms. The first-order valence-corrected chi connectivity index (χ1v) is 53.1. The van der Waals surface area contributed by atoms with Crippen LogP contribution >= 0.6 is 136 Å². The molecule has 0 aliphatic carbocycles. The van der Waals surface area contributed by atoms with Crippen LogP contribution in [-0.2, 0) is 48.4 Å². The van der Waals surface area contributed by atoms with Gasteiger partial charge < -0.3 is 20.5 Å². The summed E-state index contributed by atoms with van der Waals surface area (Å²) in [6.45, 7) is 8.70. The Balaban J connectivity index is 0.000000221. The van der Waals surface area contributed by atoms with Gasteiger partial charge in [0.15, 0.2) is 17.5 Å². The van der Waals surface area contributed by atoms with Gasteiger partial charge in [-0.25, -0.2) is 79.2 Å². The number of halogens is 18. The van der Waals surface area contributed by atoms with Crippen LogP contribution in [-0.4, -0.2) is 152 Å². The Hall–Kier alpha value is -10.4. The molecule has 6 aromatic heterocycles. The summed E-state index contributed by atoms with van der Waals surface area (Å²) in [6, 6.07) is 43.1. The molecule has 1 atom stereocenters. The molecule has 0 fully saturated rings. The Labute approximate surface area is 898 Å². The van der Waals surface area contributed by atoms with E-state index in [1.807, 2.05) is 9.44 Å². The van der Waals surface area contributed by atoms with Crippen molar-refractivity contribution in [2.24, 2.45) is 0 Å². The van der Waals surface area contributed by atoms with Gasteiger partial charge in [-0.1, -0.05) is 177 Å². The van der Waals surface area contributed by atoms with Gasteiger partial charge in [-0.3, -0.25) is 51.9 Å². The third-order valence-electron chi connectivity index (χ3n) is 19.5. The molecule has 0 bridgehead atoms. The summed E-state index contributed by atoms with van der Waals surface area (Å²) in [5.74, 6) is -15.7. The molecule has 0 saturated heterocycles. The van der Waals surface area contributed by atoms with Crippen molar-refractivity contribution < 1.29 is 137 Å². The summed E-state index contributed by atoms with van der Waals surface area (Å²) in [7, 11) is -3.79. The number of anilines is 3. The van der Waals surface area contributed by atoms with E-state index < -0.39 is 182 Å². The number of nitrogens with zero attached hydrogens (tertiary/aromatic N) is 6. The molecule has 744 valence electrons. The molecule has 1 unspecified atom stereocenters. The van der Waals surface area contributed by atoms with E-state index in [0.29, 0.717) is 54.5 Å². The predicted molar refractivity (Wildman–Crippen MR) is 545 cm³/mol. The zero-order valence-corrected chi connectivity index (χ0v) is 87.9. The number of carbonyl (C=O) groups excluding carboxylic acids is 6. The molecule has 0 aliphatic heterocycles. The monoisotopic (exact) mass is 2310 g/mol. The van der Waals surface area contributed by atoms with Gasteiger partial charge in [-0.05, 0) is 144 Å². The fraction of sp³-hybridized carbons (Fsp3) is 0.0645. The van der Waals surface area contributed by atoms with Crippen LogP contribution in [0.15, 0.2) is 257 Å². The topological polar surface area (TPSA) is 423 Å². The fourth-order valence-corrected chi connectivity index (χ4v) is 18.2. The largest absolute Gasteiger partial charge is 1.00 e. The SMILES string of the molecule is C=CCS(=O)(=O)Cl.C=CCS(=O)(=O)Nc1ccc(F)c(C(=O)c2cn(C(=O)c3c(Cl)cccc3Cl)c3ncc(-c4ccc(Cl)cc4)cc23)c1F.C=CCS(=O)(=O)[O-].Nc1ccc(F)c(C(=O)c2cn(C(=O)c3c(Cl)cccc3Cl)c3ncc(-c4ccc(Cl)cc4)cc23)c1F.O=C(c1c(F)ccc(NS(=O)(=O)CC(O)CO)c1F)c1cn(C(=O)c2c(Cl)cccc2Cl)c2ncc(-c3ccc(Cl)cc3)cc12.O=S(Cl)Cl.[Na+]. The minimum atomic E-state index is -4.44. The van der Waals surface area contributed by atoms with Gasteiger partial charge in [0.05, 0.1) is 143 Å². The quantitative estimate of drug-likeness (QED) is 0.00675. The second-order valence-electron chi connectivity index (χ2n) is 29.2. The molecule has 27 nitrogen and oxygen atoms in total. The minimum absolute atomic E-state index is 0. The Bertz CT molecular complexity index is 8030. The molecule has 144 heavy (non-hydrogen) atoms. The third kappa shape index (κ3) is 29.3. The van der Waals surface area contributed by atoms with Crippen molar-refractivity contribution in [2.75, 3.05) is 44.8 Å². The zero-order valence-electron chi connectivity index (χ0n) is 72.8. The van der Waals surface area contributed by atoms with Crippen molar-refractivity contribution in [3.05, 3.63) is 387 Å². The number of aromatic nitrogens is 6. The van der Waals surface area contributed by atoms with Crippen molar-refractivity contribution in [3.63, 3.8) is 0 Å². The number of hydrogen-bond donors (Lipinski definition) is 5. The maximum Gasteiger partial charge on any atom is 1.00 e. The normalized spacial score (nSPS) is 11.5. The average Bonchev–Trinajstić information content (AvgIpc) is 1.61. The summed E-state index contributed by atoms with van der Waals surface area (Å²) in [4.78, 5) is 95.3. The average molecular weight is 2320 g/mol. The predicted octanol–water partition coefficient (Wildman–Crippen LogP) is 19.7. The van der Waals surface area contributed by atoms with Crippen molar-refractivity contribution in [3.8, 4) is 33.4 Å². The number of hydrogen-bond acceptors (Lipinski definition) is 22. The number of nitrogens with one attached hydrogen (secondary N) is 2. The number of benzene rings is 9. The molecular formula is C93H62Cl12F6N9NaO18S5. The number of carbonyl (C=O) groups is 6. The van der Waals surface area contributed by atoms with Crippen LogP contribution in [0.3, 0.4) is 0 Å². The van der Waals surface area contributed by atoms with E-state index in [2.05, 4.69) is 56.1 Å². The second kappa shape index (κ2) is 50.8. The second-order valence-corrected chi connectivity index (χ2v) is 43.3. The molecule has 6 N–H and O–H groups in total. The number of aliphatic hydroxyl groups excluding tert-OH is 2. The van der Waals surface area contributed by atoms with Crippen molar-refractivity contribution >= 4 is 270 Å². The number of sulfonamides is 2. The summed E-state index contributed by atoms with van der Waals surface area (Å²) >= 11 is 55.5. The molecule has 9 aromatic carbocycles. The Morgan fingerprint density at radius 2 is 0.701 bits per heavy atom. The number of rotatable bonds is 25. The zero-order chi connectivity index (χ0) is 106. The van der Waals surface area contributed by atoms with Crippen LogP contribution in [0.25, 0.3) is 66.5 Å². The van der Waals surface area contributed by atoms with Crippen LogP contribution in [0.2, 0.25) is 45.2 Å². The first-order valence-electron chi connectivity index (χ1n) is 39.6. The van der Waals surface area contributed by atoms with Crippen LogP contribution < -0.4 is 44.7 Å². The van der Waals surface area contributed by atoms with Gasteiger partial charge in [0.25, 0.3) is 17.7 Å². The fourth-order valence-electron chi connectivity index (χ4n) is 13.2. The number of pyridine rings is 3. The number of ketones is 3. The maximum absolute atomic E-state index is 15.7. The molecule has 0 amide bonds. The maximum atomic E-state index is 15.7. The standard InChI is InChI=1S/C30H20Cl3F2N3O6S.C30H18Cl3F2N3O4S.C27H14Cl3F2N3O2.C3H5ClO2S.C3H6O3S.Cl2OS.Na/c31-17-6-4-15(5-7-17)16-10-19-20(12-38(29(19)36-11-16)30(42)25-21(32)2-1-3-22(25)33)28(41)26-23(34)8-9-24(27(26)35)37-45(43,44)14-18(40)13-39;1-2-12-43(41,42)37-24-11-10-23(34)26(27(24)35)28(39)20-15-38(30(40)25-21(32)4-3-5-22(25)33)29-19(20)13-17(14-36-29)16-6-8-18(31)9-7-16;28-15-6-4-13(5-7-15)14-10-16-17(25(36)23-20(31)8-9-21(33)24(23)32)12-35(26(16)34-11-14)27(37)22-18(29)2-1-3-19(22)30;2*1-2-3-7(4,5)6;1-4(2)3;/h1-12,18,37,39-40H,13-14H2;2-11,13-15,37H,1,12H2;1-12H,33H2;2H,1,3H2;2H,1,3H2,(H,4,5,6);;/q;;;;;;+1/p-1. The molecule has 0 aliphatic rings. The molecule has 6 heterocycles. The first kappa shape index (κ1) is 117. The van der Waals surface area contributed by atoms with Gasteiger partial charge in [0.2, 0.25) is 55.7 Å². The number of aliphatic hydroxyl groups is 2. The Morgan fingerprint density at radius 3 is 0.958 bits per heavy atom. The molecule has 0 saturated carbocycles. The molecule has 0 spiro atoms. The van der Waals surface area contributed by atoms with E-state index in [-0.39, 0.29) is 132 Å². The van der Waals surface area contributed by atoms with Gasteiger partial charge in [-0.15, -0.1) is 19.7 Å². The van der Waals surface area contributed by atoms with Crippen LogP contribution in [0.4, 0.5) is 43.4 Å². The number of fused-ring (bicyclic) bond motifs is 3. The van der Waals surface area contributed by atoms with E-state index in [1.54, 1.807) is 91.0 Å². The van der Waals surface area contributed by atoms with Gasteiger partial charge in [0, 0.05) is 117 Å². The number of nitrogen functional groups attached to an aromatic ring is 1. The number of nitrogens with two attached hydrogens (primary N) is 1. The third-order valence-corrected chi connectivity index (χ3v) is 26.4. The Kier molecular flexibility index (Phi) is 41.3. The molecule has 0 radical (unpaired) electrons. The van der Waals surface area contributed by atoms with E-state index in [0.717, 1.165) is 74.8 Å². The minimum Gasteiger partial charge on any atom is -0.748 e. The Morgan fingerprint density at radius 1 is 0.424 bits per heavy atom. The van der Waals surface area contributed by atoms with Gasteiger partial charge >= 0.3 is 29.6 Å². The van der Waals surface area contributed by atoms with Crippen LogP contribution in [0, 0.1) is 34.9 Å². The molecule has 15 aromatic rings. The van der Waals surface area contributed by atoms with Gasteiger partial charge in [-0.2, -0.15) is 0 Å². The van der Waals surface area contributed by atoms with Crippen molar-refractivity contribution in [1.82, 2.24) is 28.7 Å². The van der Waals surface area contributed by atoms with Gasteiger partial charge in [0.1, 0.15) is 34.4 Å². The van der Waals surface area contributed by atoms with Crippen LogP contribution in [0.1, 0.15) is 78.8 Å². The van der Waals surface area contributed by atoms with E-state index >= 15 is 17.6 Å². The van der Waals surface area contributed by atoms with E-state index in [4.69, 9.17) is 130 Å². The first-order chi connectivity index (χ1) is 67.2. The van der Waals surface area contributed by atoms with Crippen molar-refractivity contribution in [2.45, 2.75) is 6.10 Å². The summed E-state index contributed by atoms with van der Waals surface area (Å²) < 4.78 is 205. The van der Waals surface area contributed by atoms with Crippen LogP contribution in [0.5, 0.6) is 0 Å². The summed E-state index contributed by atoms with van der Waals surface area (Å²) in [6.07, 6.45) is 9.37. The van der Waals surface area contributed by atoms with E-state index in [1.165, 1.54) is 79.3 Å².